The summed E-state index contributed by atoms with van der Waals surface area (Å²) in [5.74, 6) is 1.51. The third kappa shape index (κ3) is 2.64. The van der Waals surface area contributed by atoms with Crippen molar-refractivity contribution in [2.24, 2.45) is 0 Å². The average molecular weight is 281 g/mol. The fourth-order valence-corrected chi connectivity index (χ4v) is 3.58. The fraction of sp³-hybridized carbons (Fsp3) is 0.368. The van der Waals surface area contributed by atoms with Gasteiger partial charge in [-0.05, 0) is 35.1 Å². The summed E-state index contributed by atoms with van der Waals surface area (Å²) in [7, 11) is 0. The molecule has 0 amide bonds. The van der Waals surface area contributed by atoms with Gasteiger partial charge in [0, 0.05) is 11.7 Å². The summed E-state index contributed by atoms with van der Waals surface area (Å²) in [5, 5.41) is 0. The Kier molecular flexibility index (Phi) is 4.47. The van der Waals surface area contributed by atoms with Gasteiger partial charge in [-0.15, -0.1) is 0 Å². The van der Waals surface area contributed by atoms with Crippen LogP contribution in [0.25, 0.3) is 11.1 Å². The van der Waals surface area contributed by atoms with E-state index in [0.29, 0.717) is 5.92 Å². The van der Waals surface area contributed by atoms with Crippen LogP contribution in [0, 0.1) is 0 Å². The molecule has 0 saturated heterocycles. The lowest BCUT2D eigenvalue weighted by Crippen LogP contribution is -1.96. The molecule has 0 spiro atoms. The maximum Gasteiger partial charge on any atom is 0.0102 e. The van der Waals surface area contributed by atoms with E-state index in [-0.39, 0.29) is 0 Å². The normalized spacial score (nSPS) is 13.2. The highest BCUT2D eigenvalue weighted by atomic mass is 32.1. The molecule has 0 aromatic heterocycles. The predicted octanol–water partition coefficient (Wildman–Crippen LogP) is 5.95. The van der Waals surface area contributed by atoms with Crippen molar-refractivity contribution >= 4 is 12.6 Å². The van der Waals surface area contributed by atoms with Crippen LogP contribution in [0.3, 0.4) is 0 Å². The Balaban J connectivity index is 1.77. The van der Waals surface area contributed by atoms with Crippen LogP contribution in [0.5, 0.6) is 0 Å². The van der Waals surface area contributed by atoms with E-state index in [2.05, 4.69) is 48.5 Å². The molecule has 1 aliphatic rings. The second-order valence-electron chi connectivity index (χ2n) is 5.63. The van der Waals surface area contributed by atoms with Gasteiger partial charge >= 0.3 is 0 Å². The Bertz CT molecular complexity index is 528. The van der Waals surface area contributed by atoms with E-state index in [9.17, 15) is 0 Å². The van der Waals surface area contributed by atoms with Gasteiger partial charge in [-0.3, -0.25) is 0 Å². The minimum atomic E-state index is 0.603. The van der Waals surface area contributed by atoms with Gasteiger partial charge in [0.15, 0.2) is 0 Å². The number of benzene rings is 2. The zero-order valence-electron chi connectivity index (χ0n) is 11.8. The fourth-order valence-electron chi connectivity index (χ4n) is 3.37. The number of rotatable bonds is 6. The molecule has 103 valence electrons. The van der Waals surface area contributed by atoms with Crippen molar-refractivity contribution in [3.63, 3.8) is 0 Å². The zero-order chi connectivity index (χ0) is 13.8. The van der Waals surface area contributed by atoms with Crippen molar-refractivity contribution in [2.45, 2.75) is 38.0 Å². The van der Waals surface area contributed by atoms with Crippen LogP contribution in [-0.2, 0) is 0 Å². The lowest BCUT2D eigenvalue weighted by Gasteiger charge is -2.13. The van der Waals surface area contributed by atoms with E-state index < -0.39 is 0 Å². The molecular weight excluding hydrogens is 260 g/mol. The molecule has 0 N–H and O–H groups in total. The van der Waals surface area contributed by atoms with E-state index >= 15 is 0 Å². The van der Waals surface area contributed by atoms with Crippen molar-refractivity contribution < 1.29 is 0 Å². The molecule has 0 saturated carbocycles. The van der Waals surface area contributed by atoms with Crippen molar-refractivity contribution in [3.05, 3.63) is 59.7 Å². The molecule has 1 aliphatic carbocycles. The smallest absolute Gasteiger partial charge is 0.0102 e. The van der Waals surface area contributed by atoms with Gasteiger partial charge in [-0.1, -0.05) is 80.4 Å². The molecule has 0 bridgehead atoms. The average Bonchev–Trinajstić information content (AvgIpc) is 2.82. The molecule has 1 heteroatoms. The summed E-state index contributed by atoms with van der Waals surface area (Å²) in [5.41, 5.74) is 5.94. The standard InChI is InChI=1S/C19H21S/c20-14-8-2-1-3-9-15-16-10-4-6-12-18(16)19-13-7-5-11-17(15)19/h4-7,10-13,15H,1-3,8-9,14H2. The van der Waals surface area contributed by atoms with E-state index in [4.69, 9.17) is 12.6 Å². The largest absolute Gasteiger partial charge is 0.0942 e. The third-order valence-corrected chi connectivity index (χ3v) is 4.64. The summed E-state index contributed by atoms with van der Waals surface area (Å²) < 4.78 is 0. The molecule has 2 aromatic carbocycles. The first-order valence-corrected chi connectivity index (χ1v) is 8.26. The molecular formula is C19H21S. The minimum Gasteiger partial charge on any atom is -0.0942 e. The van der Waals surface area contributed by atoms with Crippen LogP contribution < -0.4 is 0 Å². The lowest BCUT2D eigenvalue weighted by atomic mass is 9.91. The number of hydrogen-bond donors (Lipinski definition) is 0. The number of hydrogen-bond acceptors (Lipinski definition) is 0. The van der Waals surface area contributed by atoms with Crippen molar-refractivity contribution in [3.8, 4) is 11.1 Å². The summed E-state index contributed by atoms with van der Waals surface area (Å²) in [4.78, 5) is 0. The minimum absolute atomic E-state index is 0.603. The molecule has 1 radical (unpaired) electrons. The zero-order valence-corrected chi connectivity index (χ0v) is 12.7. The monoisotopic (exact) mass is 281 g/mol. The van der Waals surface area contributed by atoms with E-state index in [1.165, 1.54) is 54.4 Å². The highest BCUT2D eigenvalue weighted by Crippen LogP contribution is 2.46. The first-order chi connectivity index (χ1) is 9.92. The maximum absolute atomic E-state index is 5.01. The Morgan fingerprint density at radius 2 is 1.25 bits per heavy atom. The second-order valence-corrected chi connectivity index (χ2v) is 6.04. The van der Waals surface area contributed by atoms with Gasteiger partial charge in [0.25, 0.3) is 0 Å². The van der Waals surface area contributed by atoms with Crippen LogP contribution >= 0.6 is 12.6 Å². The molecule has 0 fully saturated rings. The van der Waals surface area contributed by atoms with Crippen molar-refractivity contribution in [1.29, 1.82) is 0 Å². The van der Waals surface area contributed by atoms with E-state index in [1.807, 2.05) is 0 Å². The molecule has 2 aromatic rings. The van der Waals surface area contributed by atoms with Crippen LogP contribution in [0.15, 0.2) is 48.5 Å². The molecule has 0 unspecified atom stereocenters. The Hall–Kier alpha value is -1.21. The molecule has 0 atom stereocenters. The molecule has 0 aliphatic heterocycles. The first kappa shape index (κ1) is 13.8. The van der Waals surface area contributed by atoms with Crippen LogP contribution in [0.2, 0.25) is 0 Å². The second kappa shape index (κ2) is 6.49. The van der Waals surface area contributed by atoms with Crippen molar-refractivity contribution in [2.75, 3.05) is 5.75 Å². The van der Waals surface area contributed by atoms with E-state index in [0.717, 1.165) is 5.75 Å². The predicted molar refractivity (Wildman–Crippen MR) is 89.3 cm³/mol. The van der Waals surface area contributed by atoms with E-state index in [1.54, 1.807) is 0 Å². The quantitative estimate of drug-likeness (QED) is 0.574. The highest BCUT2D eigenvalue weighted by Gasteiger charge is 2.27. The molecule has 20 heavy (non-hydrogen) atoms. The Labute approximate surface area is 127 Å². The van der Waals surface area contributed by atoms with Gasteiger partial charge in [0.1, 0.15) is 0 Å². The lowest BCUT2D eigenvalue weighted by molar-refractivity contribution is 0.603. The summed E-state index contributed by atoms with van der Waals surface area (Å²) in [6, 6.07) is 17.8. The number of unbranched alkanes of at least 4 members (excludes halogenated alkanes) is 3. The Morgan fingerprint density at radius 3 is 1.85 bits per heavy atom. The topological polar surface area (TPSA) is 0 Å². The van der Waals surface area contributed by atoms with Crippen molar-refractivity contribution in [1.82, 2.24) is 0 Å². The molecule has 0 nitrogen and oxygen atoms in total. The maximum atomic E-state index is 5.01. The molecule has 3 rings (SSSR count). The van der Waals surface area contributed by atoms with Crippen LogP contribution in [-0.4, -0.2) is 5.75 Å². The highest BCUT2D eigenvalue weighted by molar-refractivity contribution is 7.80. The summed E-state index contributed by atoms with van der Waals surface area (Å²) >= 11 is 5.01. The van der Waals surface area contributed by atoms with Crippen LogP contribution in [0.1, 0.15) is 49.1 Å². The van der Waals surface area contributed by atoms with Crippen LogP contribution in [0.4, 0.5) is 0 Å². The van der Waals surface area contributed by atoms with Gasteiger partial charge in [-0.25, -0.2) is 0 Å². The molecule has 0 heterocycles. The first-order valence-electron chi connectivity index (χ1n) is 7.68. The Morgan fingerprint density at radius 1 is 0.700 bits per heavy atom. The third-order valence-electron chi connectivity index (χ3n) is 4.35. The van der Waals surface area contributed by atoms with Gasteiger partial charge < -0.3 is 0 Å². The summed E-state index contributed by atoms with van der Waals surface area (Å²) in [6.07, 6.45) is 6.39. The van der Waals surface area contributed by atoms with Gasteiger partial charge in [0.05, 0.1) is 0 Å². The number of fused-ring (bicyclic) bond motifs is 3. The van der Waals surface area contributed by atoms with Gasteiger partial charge in [0.2, 0.25) is 0 Å². The summed E-state index contributed by atoms with van der Waals surface area (Å²) in [6.45, 7) is 0. The SMILES string of the molecule is [S]CCCCCCC1c2ccccc2-c2ccccc21. The van der Waals surface area contributed by atoms with Gasteiger partial charge in [-0.2, -0.15) is 0 Å².